The predicted octanol–water partition coefficient (Wildman–Crippen LogP) is 3.33. The van der Waals surface area contributed by atoms with Crippen molar-refractivity contribution in [1.82, 2.24) is 0 Å². The monoisotopic (exact) mass is 302 g/mol. The Kier molecular flexibility index (Phi) is 4.81. The molecule has 0 unspecified atom stereocenters. The average Bonchev–Trinajstić information content (AvgIpc) is 2.21. The first-order chi connectivity index (χ1) is 7.95. The van der Waals surface area contributed by atoms with E-state index in [0.29, 0.717) is 16.8 Å². The highest BCUT2D eigenvalue weighted by Gasteiger charge is 2.19. The fourth-order valence-corrected chi connectivity index (χ4v) is 1.78. The Morgan fingerprint density at radius 3 is 2.59 bits per heavy atom. The summed E-state index contributed by atoms with van der Waals surface area (Å²) in [5, 5.41) is 9.14. The molecule has 0 spiro atoms. The number of halogens is 1. The third-order valence-electron chi connectivity index (χ3n) is 1.90. The summed E-state index contributed by atoms with van der Waals surface area (Å²) >= 11 is 3.25. The number of carbonyl (C=O) groups is 1. The molecule has 1 N–H and O–H groups in total. The second kappa shape index (κ2) is 5.91. The van der Waals surface area contributed by atoms with Crippen LogP contribution < -0.4 is 9.47 Å². The van der Waals surface area contributed by atoms with Crippen LogP contribution >= 0.6 is 15.9 Å². The van der Waals surface area contributed by atoms with Crippen molar-refractivity contribution in [3.8, 4) is 11.5 Å². The number of hydrogen-bond donors (Lipinski definition) is 1. The van der Waals surface area contributed by atoms with Crippen molar-refractivity contribution in [3.63, 3.8) is 0 Å². The van der Waals surface area contributed by atoms with Gasteiger partial charge in [-0.1, -0.05) is 15.9 Å². The Morgan fingerprint density at radius 1 is 1.47 bits per heavy atom. The van der Waals surface area contributed by atoms with Gasteiger partial charge in [-0.3, -0.25) is 0 Å². The smallest absolute Gasteiger partial charge is 0.339 e. The van der Waals surface area contributed by atoms with Gasteiger partial charge in [-0.2, -0.15) is 0 Å². The zero-order valence-corrected chi connectivity index (χ0v) is 11.6. The van der Waals surface area contributed by atoms with E-state index in [-0.39, 0.29) is 17.4 Å². The molecule has 4 nitrogen and oxygen atoms in total. The molecule has 17 heavy (non-hydrogen) atoms. The molecule has 0 atom stereocenters. The number of benzene rings is 1. The standard InChI is InChI=1S/C12H15BrO4/c1-4-16-10-6-8(13)5-9(12(14)15)11(10)17-7(2)3/h5-7H,4H2,1-3H3,(H,14,15). The van der Waals surface area contributed by atoms with Crippen molar-refractivity contribution in [2.45, 2.75) is 26.9 Å². The lowest BCUT2D eigenvalue weighted by Crippen LogP contribution is -2.11. The Bertz CT molecular complexity index is 415. The van der Waals surface area contributed by atoms with Crippen molar-refractivity contribution in [3.05, 3.63) is 22.2 Å². The lowest BCUT2D eigenvalue weighted by molar-refractivity contribution is 0.0689. The highest BCUT2D eigenvalue weighted by molar-refractivity contribution is 9.10. The van der Waals surface area contributed by atoms with Crippen LogP contribution in [0.3, 0.4) is 0 Å². The molecular weight excluding hydrogens is 288 g/mol. The largest absolute Gasteiger partial charge is 0.490 e. The van der Waals surface area contributed by atoms with Crippen LogP contribution in [0.5, 0.6) is 11.5 Å². The van der Waals surface area contributed by atoms with Crippen LogP contribution in [0.4, 0.5) is 0 Å². The minimum Gasteiger partial charge on any atom is -0.490 e. The van der Waals surface area contributed by atoms with Gasteiger partial charge < -0.3 is 14.6 Å². The van der Waals surface area contributed by atoms with Crippen molar-refractivity contribution < 1.29 is 19.4 Å². The van der Waals surface area contributed by atoms with Crippen LogP contribution in [0.25, 0.3) is 0 Å². The van der Waals surface area contributed by atoms with Crippen molar-refractivity contribution in [2.75, 3.05) is 6.61 Å². The van der Waals surface area contributed by atoms with E-state index in [1.54, 1.807) is 6.07 Å². The van der Waals surface area contributed by atoms with E-state index in [9.17, 15) is 4.79 Å². The molecule has 0 aliphatic rings. The molecule has 0 saturated carbocycles. The summed E-state index contributed by atoms with van der Waals surface area (Å²) < 4.78 is 11.6. The highest BCUT2D eigenvalue weighted by atomic mass is 79.9. The minimum absolute atomic E-state index is 0.0940. The van der Waals surface area contributed by atoms with Gasteiger partial charge in [-0.15, -0.1) is 0 Å². The molecule has 0 bridgehead atoms. The molecular formula is C12H15BrO4. The number of rotatable bonds is 5. The van der Waals surface area contributed by atoms with Gasteiger partial charge in [0.05, 0.1) is 12.7 Å². The van der Waals surface area contributed by atoms with Gasteiger partial charge >= 0.3 is 5.97 Å². The number of ether oxygens (including phenoxy) is 2. The van der Waals surface area contributed by atoms with Crippen LogP contribution in [0.15, 0.2) is 16.6 Å². The van der Waals surface area contributed by atoms with Gasteiger partial charge in [0.2, 0.25) is 0 Å². The minimum atomic E-state index is -1.04. The fraction of sp³-hybridized carbons (Fsp3) is 0.417. The third-order valence-corrected chi connectivity index (χ3v) is 2.36. The summed E-state index contributed by atoms with van der Waals surface area (Å²) in [5.41, 5.74) is 0.0940. The number of carboxylic acid groups (broad SMARTS) is 1. The zero-order chi connectivity index (χ0) is 13.0. The molecule has 1 aromatic rings. The summed E-state index contributed by atoms with van der Waals surface area (Å²) in [6, 6.07) is 3.20. The number of aromatic carboxylic acids is 1. The second-order valence-corrected chi connectivity index (χ2v) is 4.60. The number of hydrogen-bond acceptors (Lipinski definition) is 3. The van der Waals surface area contributed by atoms with E-state index in [1.807, 2.05) is 20.8 Å². The zero-order valence-electron chi connectivity index (χ0n) is 9.99. The fourth-order valence-electron chi connectivity index (χ4n) is 1.35. The molecule has 1 rings (SSSR count). The predicted molar refractivity (Wildman–Crippen MR) is 68.0 cm³/mol. The Morgan fingerprint density at radius 2 is 2.12 bits per heavy atom. The SMILES string of the molecule is CCOc1cc(Br)cc(C(=O)O)c1OC(C)C. The van der Waals surface area contributed by atoms with E-state index >= 15 is 0 Å². The van der Waals surface area contributed by atoms with Crippen LogP contribution in [-0.4, -0.2) is 23.8 Å². The summed E-state index contributed by atoms with van der Waals surface area (Å²) in [7, 11) is 0. The molecule has 0 aromatic heterocycles. The van der Waals surface area contributed by atoms with Gasteiger partial charge in [-0.25, -0.2) is 4.79 Å². The first-order valence-electron chi connectivity index (χ1n) is 5.32. The second-order valence-electron chi connectivity index (χ2n) is 3.69. The van der Waals surface area contributed by atoms with Crippen LogP contribution in [0, 0.1) is 0 Å². The molecule has 0 radical (unpaired) electrons. The molecule has 0 fully saturated rings. The highest BCUT2D eigenvalue weighted by Crippen LogP contribution is 2.35. The molecule has 0 heterocycles. The lowest BCUT2D eigenvalue weighted by Gasteiger charge is -2.17. The average molecular weight is 303 g/mol. The quantitative estimate of drug-likeness (QED) is 0.906. The van der Waals surface area contributed by atoms with Gasteiger partial charge in [0, 0.05) is 4.47 Å². The normalized spacial score (nSPS) is 10.4. The first-order valence-corrected chi connectivity index (χ1v) is 6.11. The van der Waals surface area contributed by atoms with Gasteiger partial charge in [0.25, 0.3) is 0 Å². The van der Waals surface area contributed by atoms with Gasteiger partial charge in [-0.05, 0) is 32.9 Å². The molecule has 0 aliphatic heterocycles. The van der Waals surface area contributed by atoms with Gasteiger partial charge in [0.1, 0.15) is 5.56 Å². The summed E-state index contributed by atoms with van der Waals surface area (Å²) in [5.74, 6) is -0.326. The molecule has 94 valence electrons. The van der Waals surface area contributed by atoms with Crippen molar-refractivity contribution in [1.29, 1.82) is 0 Å². The summed E-state index contributed by atoms with van der Waals surface area (Å²) in [4.78, 5) is 11.2. The molecule has 0 aliphatic carbocycles. The van der Waals surface area contributed by atoms with Crippen LogP contribution in [-0.2, 0) is 0 Å². The number of carboxylic acids is 1. The third kappa shape index (κ3) is 3.63. The molecule has 0 saturated heterocycles. The summed E-state index contributed by atoms with van der Waals surface area (Å²) in [6.45, 7) is 5.96. The maximum Gasteiger partial charge on any atom is 0.339 e. The lowest BCUT2D eigenvalue weighted by atomic mass is 10.2. The van der Waals surface area contributed by atoms with E-state index in [2.05, 4.69) is 15.9 Å². The van der Waals surface area contributed by atoms with Crippen molar-refractivity contribution >= 4 is 21.9 Å². The molecule has 0 amide bonds. The van der Waals surface area contributed by atoms with E-state index < -0.39 is 5.97 Å². The van der Waals surface area contributed by atoms with Crippen LogP contribution in [0.1, 0.15) is 31.1 Å². The van der Waals surface area contributed by atoms with Crippen LogP contribution in [0.2, 0.25) is 0 Å². The maximum absolute atomic E-state index is 11.2. The molecule has 5 heteroatoms. The Hall–Kier alpha value is -1.23. The first kappa shape index (κ1) is 13.8. The summed E-state index contributed by atoms with van der Waals surface area (Å²) in [6.07, 6.45) is -0.117. The Labute approximate surface area is 109 Å². The van der Waals surface area contributed by atoms with E-state index in [1.165, 1.54) is 6.07 Å². The maximum atomic E-state index is 11.2. The van der Waals surface area contributed by atoms with E-state index in [4.69, 9.17) is 14.6 Å². The van der Waals surface area contributed by atoms with Gasteiger partial charge in [0.15, 0.2) is 11.5 Å². The molecule has 1 aromatic carbocycles. The Balaban J connectivity index is 3.30. The van der Waals surface area contributed by atoms with E-state index in [0.717, 1.165) is 0 Å². The topological polar surface area (TPSA) is 55.8 Å². The van der Waals surface area contributed by atoms with Crippen molar-refractivity contribution in [2.24, 2.45) is 0 Å².